The molecule has 0 bridgehead atoms. The van der Waals surface area contributed by atoms with Gasteiger partial charge in [0.05, 0.1) is 19.0 Å². The minimum absolute atomic E-state index is 0.0435. The van der Waals surface area contributed by atoms with Gasteiger partial charge in [-0.1, -0.05) is 0 Å². The molecule has 4 heterocycles. The normalized spacial score (nSPS) is 16.9. The fourth-order valence-corrected chi connectivity index (χ4v) is 3.76. The van der Waals surface area contributed by atoms with Crippen molar-refractivity contribution in [2.45, 2.75) is 45.1 Å². The summed E-state index contributed by atoms with van der Waals surface area (Å²) in [5.74, 6) is 0.810. The summed E-state index contributed by atoms with van der Waals surface area (Å²) in [6.07, 6.45) is 4.64. The fourth-order valence-electron chi connectivity index (χ4n) is 3.76. The summed E-state index contributed by atoms with van der Waals surface area (Å²) < 4.78 is 18.0. The lowest BCUT2D eigenvalue weighted by atomic mass is 9.94. The molecule has 3 aromatic rings. The summed E-state index contributed by atoms with van der Waals surface area (Å²) in [7, 11) is 1.58. The standard InChI is InChI=1S/C22H25N5O4/c1-22(2,3)31-21(28)26-7-5-6-14(12-26)18-9-19(29-4)27-20(25-18)17(11-24-27)15-8-16(10-23)30-13-15/h8-9,11,13-14H,5-7,12H2,1-4H3. The van der Waals surface area contributed by atoms with E-state index in [0.29, 0.717) is 24.6 Å². The van der Waals surface area contributed by atoms with Gasteiger partial charge in [0.25, 0.3) is 0 Å². The molecule has 1 unspecified atom stereocenters. The molecule has 0 aromatic carbocycles. The second-order valence-electron chi connectivity index (χ2n) is 8.59. The van der Waals surface area contributed by atoms with E-state index in [1.165, 1.54) is 6.26 Å². The molecule has 0 saturated carbocycles. The fraction of sp³-hybridized carbons (Fsp3) is 0.455. The average Bonchev–Trinajstić information content (AvgIpc) is 3.38. The third-order valence-electron chi connectivity index (χ3n) is 5.18. The molecule has 1 fully saturated rings. The van der Waals surface area contributed by atoms with Gasteiger partial charge in [0.1, 0.15) is 17.9 Å². The highest BCUT2D eigenvalue weighted by Crippen LogP contribution is 2.32. The number of methoxy groups -OCH3 is 1. The number of hydrogen-bond acceptors (Lipinski definition) is 7. The van der Waals surface area contributed by atoms with E-state index in [0.717, 1.165) is 29.7 Å². The highest BCUT2D eigenvalue weighted by atomic mass is 16.6. The smallest absolute Gasteiger partial charge is 0.410 e. The number of fused-ring (bicyclic) bond motifs is 1. The van der Waals surface area contributed by atoms with Crippen molar-refractivity contribution in [2.24, 2.45) is 0 Å². The van der Waals surface area contributed by atoms with Crippen LogP contribution in [0.25, 0.3) is 16.8 Å². The van der Waals surface area contributed by atoms with Crippen molar-refractivity contribution < 1.29 is 18.7 Å². The van der Waals surface area contributed by atoms with Crippen molar-refractivity contribution in [3.8, 4) is 23.1 Å². The molecular weight excluding hydrogens is 398 g/mol. The lowest BCUT2D eigenvalue weighted by Gasteiger charge is -2.34. The predicted octanol–water partition coefficient (Wildman–Crippen LogP) is 3.98. The molecule has 1 saturated heterocycles. The van der Waals surface area contributed by atoms with Gasteiger partial charge in [-0.2, -0.15) is 14.9 Å². The highest BCUT2D eigenvalue weighted by Gasteiger charge is 2.30. The molecule has 0 N–H and O–H groups in total. The third-order valence-corrected chi connectivity index (χ3v) is 5.18. The number of hydrogen-bond donors (Lipinski definition) is 0. The van der Waals surface area contributed by atoms with E-state index in [1.807, 2.05) is 32.9 Å². The largest absolute Gasteiger partial charge is 0.481 e. The number of carbonyl (C=O) groups excluding carboxylic acids is 1. The van der Waals surface area contributed by atoms with Crippen LogP contribution in [-0.2, 0) is 4.74 Å². The zero-order valence-electron chi connectivity index (χ0n) is 18.1. The topological polar surface area (TPSA) is 106 Å². The molecule has 9 heteroatoms. The van der Waals surface area contributed by atoms with Crippen LogP contribution < -0.4 is 4.74 Å². The summed E-state index contributed by atoms with van der Waals surface area (Å²) >= 11 is 0. The molecule has 9 nitrogen and oxygen atoms in total. The number of furan rings is 1. The Balaban J connectivity index is 1.68. The number of piperidine rings is 1. The van der Waals surface area contributed by atoms with Crippen LogP contribution >= 0.6 is 0 Å². The molecular formula is C22H25N5O4. The highest BCUT2D eigenvalue weighted by molar-refractivity contribution is 5.77. The first-order valence-corrected chi connectivity index (χ1v) is 10.2. The van der Waals surface area contributed by atoms with Crippen LogP contribution in [0.15, 0.2) is 29.0 Å². The van der Waals surface area contributed by atoms with Crippen molar-refractivity contribution in [1.82, 2.24) is 19.5 Å². The molecule has 0 radical (unpaired) electrons. The number of amides is 1. The molecule has 1 amide bonds. The van der Waals surface area contributed by atoms with Gasteiger partial charge in [0.15, 0.2) is 5.65 Å². The zero-order valence-corrected chi connectivity index (χ0v) is 18.1. The number of nitriles is 1. The Hall–Kier alpha value is -3.54. The number of likely N-dealkylation sites (tertiary alicyclic amines) is 1. The van der Waals surface area contributed by atoms with E-state index in [-0.39, 0.29) is 17.8 Å². The Bertz CT molecular complexity index is 1150. The lowest BCUT2D eigenvalue weighted by molar-refractivity contribution is 0.0197. The summed E-state index contributed by atoms with van der Waals surface area (Å²) in [6.45, 7) is 6.77. The van der Waals surface area contributed by atoms with E-state index >= 15 is 0 Å². The molecule has 31 heavy (non-hydrogen) atoms. The Kier molecular flexibility index (Phi) is 5.31. The lowest BCUT2D eigenvalue weighted by Crippen LogP contribution is -2.42. The SMILES string of the molecule is COc1cc(C2CCCN(C(=O)OC(C)(C)C)C2)nc2c(-c3coc(C#N)c3)cnn12. The van der Waals surface area contributed by atoms with Crippen LogP contribution in [0.4, 0.5) is 4.79 Å². The number of ether oxygens (including phenoxy) is 2. The summed E-state index contributed by atoms with van der Waals surface area (Å²) in [6, 6.07) is 5.51. The Morgan fingerprint density at radius 3 is 2.84 bits per heavy atom. The van der Waals surface area contributed by atoms with E-state index in [1.54, 1.807) is 28.8 Å². The second-order valence-corrected chi connectivity index (χ2v) is 8.59. The van der Waals surface area contributed by atoms with Gasteiger partial charge in [-0.05, 0) is 33.6 Å². The first-order valence-electron chi connectivity index (χ1n) is 10.2. The quantitative estimate of drug-likeness (QED) is 0.627. The van der Waals surface area contributed by atoms with Gasteiger partial charge in [-0.25, -0.2) is 9.78 Å². The van der Waals surface area contributed by atoms with Gasteiger partial charge < -0.3 is 18.8 Å². The minimum Gasteiger partial charge on any atom is -0.481 e. The number of carbonyl (C=O) groups is 1. The van der Waals surface area contributed by atoms with Crippen LogP contribution in [0, 0.1) is 11.3 Å². The third kappa shape index (κ3) is 4.19. The summed E-state index contributed by atoms with van der Waals surface area (Å²) in [5.41, 5.74) is 2.35. The van der Waals surface area contributed by atoms with Crippen LogP contribution in [0.5, 0.6) is 5.88 Å². The van der Waals surface area contributed by atoms with Gasteiger partial charge in [-0.3, -0.25) is 0 Å². The Labute approximate surface area is 180 Å². The first-order chi connectivity index (χ1) is 14.8. The van der Waals surface area contributed by atoms with Gasteiger partial charge >= 0.3 is 6.09 Å². The summed E-state index contributed by atoms with van der Waals surface area (Å²) in [4.78, 5) is 19.2. The maximum atomic E-state index is 12.6. The number of nitrogens with zero attached hydrogens (tertiary/aromatic N) is 5. The maximum Gasteiger partial charge on any atom is 0.410 e. The molecule has 0 spiro atoms. The Morgan fingerprint density at radius 2 is 2.16 bits per heavy atom. The van der Waals surface area contributed by atoms with Crippen molar-refractivity contribution in [2.75, 3.05) is 20.2 Å². The number of rotatable bonds is 3. The van der Waals surface area contributed by atoms with E-state index in [2.05, 4.69) is 5.10 Å². The summed E-state index contributed by atoms with van der Waals surface area (Å²) in [5, 5.41) is 13.4. The second kappa shape index (κ2) is 7.95. The first kappa shape index (κ1) is 20.7. The van der Waals surface area contributed by atoms with E-state index in [9.17, 15) is 4.79 Å². The Morgan fingerprint density at radius 1 is 1.35 bits per heavy atom. The monoisotopic (exact) mass is 423 g/mol. The minimum atomic E-state index is -0.538. The molecule has 1 atom stereocenters. The molecule has 0 aliphatic carbocycles. The predicted molar refractivity (Wildman–Crippen MR) is 112 cm³/mol. The van der Waals surface area contributed by atoms with Gasteiger partial charge in [0.2, 0.25) is 11.6 Å². The molecule has 4 rings (SSSR count). The van der Waals surface area contributed by atoms with E-state index in [4.69, 9.17) is 24.1 Å². The molecule has 1 aliphatic heterocycles. The molecule has 1 aliphatic rings. The maximum absolute atomic E-state index is 12.6. The average molecular weight is 423 g/mol. The molecule has 162 valence electrons. The van der Waals surface area contributed by atoms with Crippen LogP contribution in [0.2, 0.25) is 0 Å². The molecule has 3 aromatic heterocycles. The van der Waals surface area contributed by atoms with E-state index < -0.39 is 5.60 Å². The van der Waals surface area contributed by atoms with Gasteiger partial charge in [-0.15, -0.1) is 0 Å². The van der Waals surface area contributed by atoms with Crippen molar-refractivity contribution in [3.63, 3.8) is 0 Å². The zero-order chi connectivity index (χ0) is 22.2. The van der Waals surface area contributed by atoms with Crippen LogP contribution in [0.3, 0.4) is 0 Å². The number of aromatic nitrogens is 3. The van der Waals surface area contributed by atoms with Crippen molar-refractivity contribution in [3.05, 3.63) is 36.0 Å². The van der Waals surface area contributed by atoms with Crippen LogP contribution in [0.1, 0.15) is 51.0 Å². The van der Waals surface area contributed by atoms with Crippen LogP contribution in [-0.4, -0.2) is 51.4 Å². The van der Waals surface area contributed by atoms with Crippen molar-refractivity contribution in [1.29, 1.82) is 5.26 Å². The van der Waals surface area contributed by atoms with Crippen molar-refractivity contribution >= 4 is 11.7 Å². The van der Waals surface area contributed by atoms with Gasteiger partial charge in [0, 0.05) is 42.3 Å².